The average molecular weight is 610 g/mol. The highest BCUT2D eigenvalue weighted by molar-refractivity contribution is 8.00. The Morgan fingerprint density at radius 2 is 1.64 bits per heavy atom. The van der Waals surface area contributed by atoms with Crippen molar-refractivity contribution >= 4 is 46.9 Å². The van der Waals surface area contributed by atoms with Gasteiger partial charge in [0, 0.05) is 27.9 Å². The number of hydrogen-bond acceptors (Lipinski definition) is 7. The van der Waals surface area contributed by atoms with Gasteiger partial charge in [-0.2, -0.15) is 0 Å². The van der Waals surface area contributed by atoms with Gasteiger partial charge in [0.15, 0.2) is 11.5 Å². The third kappa shape index (κ3) is 7.78. The molecule has 0 bridgehead atoms. The van der Waals surface area contributed by atoms with Crippen LogP contribution in [0.25, 0.3) is 6.08 Å². The number of rotatable bonds is 11. The zero-order chi connectivity index (χ0) is 30.9. The second-order valence-corrected chi connectivity index (χ2v) is 11.0. The van der Waals surface area contributed by atoms with E-state index in [2.05, 4.69) is 16.0 Å². The van der Waals surface area contributed by atoms with Crippen LogP contribution in [0, 0.1) is 0 Å². The fraction of sp³-hybridized carbons (Fsp3) is 0.147. The molecule has 0 aromatic heterocycles. The third-order valence-corrected chi connectivity index (χ3v) is 7.97. The lowest BCUT2D eigenvalue weighted by Crippen LogP contribution is -2.30. The summed E-state index contributed by atoms with van der Waals surface area (Å²) >= 11 is 1.39. The van der Waals surface area contributed by atoms with Crippen molar-refractivity contribution in [1.82, 2.24) is 5.32 Å². The van der Waals surface area contributed by atoms with E-state index >= 15 is 0 Å². The van der Waals surface area contributed by atoms with E-state index in [1.54, 1.807) is 98.1 Å². The van der Waals surface area contributed by atoms with Gasteiger partial charge in [-0.25, -0.2) is 0 Å². The first kappa shape index (κ1) is 30.2. The lowest BCUT2D eigenvalue weighted by Gasteiger charge is -2.16. The Bertz CT molecular complexity index is 1690. The molecule has 1 aliphatic rings. The largest absolute Gasteiger partial charge is 0.497 e. The first-order chi connectivity index (χ1) is 21.4. The number of benzene rings is 4. The summed E-state index contributed by atoms with van der Waals surface area (Å²) in [6, 6.07) is 28.3. The predicted octanol–water partition coefficient (Wildman–Crippen LogP) is 6.34. The lowest BCUT2D eigenvalue weighted by molar-refractivity contribution is -0.116. The van der Waals surface area contributed by atoms with Crippen molar-refractivity contribution in [1.29, 1.82) is 0 Å². The van der Waals surface area contributed by atoms with Gasteiger partial charge in [0.05, 0.1) is 12.4 Å². The van der Waals surface area contributed by atoms with Crippen LogP contribution in [0.2, 0.25) is 0 Å². The van der Waals surface area contributed by atoms with Crippen molar-refractivity contribution in [2.24, 2.45) is 0 Å². The summed E-state index contributed by atoms with van der Waals surface area (Å²) in [5.74, 6) is 0.769. The molecule has 0 aliphatic carbocycles. The van der Waals surface area contributed by atoms with E-state index in [-0.39, 0.29) is 23.6 Å². The van der Waals surface area contributed by atoms with Crippen LogP contribution >= 0.6 is 11.8 Å². The number of ether oxygens (including phenoxy) is 3. The minimum Gasteiger partial charge on any atom is -0.497 e. The molecular formula is C34H31N3O6S. The standard InChI is InChI=1S/C34H31N3O6S/c1-3-31(34(40)36-25-15-16-29-30(20-25)43-21-42-29)44-27-14-8-12-24(19-27)35-33(39)28(18-22-9-7-13-26(17-22)41-2)37-32(38)23-10-5-4-6-11-23/h4-20,31H,3,21H2,1-2H3,(H,35,39)(H,36,40)(H,37,38)/b28-18-. The number of nitrogens with one attached hydrogen (secondary N) is 3. The predicted molar refractivity (Wildman–Crippen MR) is 171 cm³/mol. The van der Waals surface area contributed by atoms with Gasteiger partial charge in [0.25, 0.3) is 11.8 Å². The van der Waals surface area contributed by atoms with E-state index in [0.717, 1.165) is 4.90 Å². The van der Waals surface area contributed by atoms with Gasteiger partial charge in [-0.15, -0.1) is 11.8 Å². The molecule has 1 heterocycles. The van der Waals surface area contributed by atoms with Gasteiger partial charge in [-0.3, -0.25) is 14.4 Å². The van der Waals surface area contributed by atoms with E-state index in [1.807, 2.05) is 19.1 Å². The molecule has 1 aliphatic heterocycles. The number of carbonyl (C=O) groups excluding carboxylic acids is 3. The van der Waals surface area contributed by atoms with Crippen LogP contribution in [0.5, 0.6) is 17.2 Å². The van der Waals surface area contributed by atoms with Gasteiger partial charge in [-0.05, 0) is 72.7 Å². The second kappa shape index (κ2) is 14.3. The molecule has 0 radical (unpaired) electrons. The van der Waals surface area contributed by atoms with Gasteiger partial charge in [-0.1, -0.05) is 43.3 Å². The summed E-state index contributed by atoms with van der Waals surface area (Å²) in [6.45, 7) is 2.10. The van der Waals surface area contributed by atoms with Gasteiger partial charge >= 0.3 is 0 Å². The molecule has 3 amide bonds. The molecule has 5 rings (SSSR count). The molecule has 224 valence electrons. The van der Waals surface area contributed by atoms with Crippen LogP contribution in [0.15, 0.2) is 108 Å². The first-order valence-electron chi connectivity index (χ1n) is 13.9. The summed E-state index contributed by atoms with van der Waals surface area (Å²) in [6.07, 6.45) is 2.17. The van der Waals surface area contributed by atoms with E-state index in [0.29, 0.717) is 46.2 Å². The molecule has 4 aromatic carbocycles. The zero-order valence-corrected chi connectivity index (χ0v) is 25.0. The fourth-order valence-electron chi connectivity index (χ4n) is 4.37. The number of amides is 3. The van der Waals surface area contributed by atoms with Crippen LogP contribution in [-0.4, -0.2) is 36.9 Å². The van der Waals surface area contributed by atoms with E-state index in [4.69, 9.17) is 14.2 Å². The van der Waals surface area contributed by atoms with Crippen LogP contribution < -0.4 is 30.2 Å². The Hall–Kier alpha value is -5.22. The molecule has 9 nitrogen and oxygen atoms in total. The molecule has 0 spiro atoms. The topological polar surface area (TPSA) is 115 Å². The molecular weight excluding hydrogens is 578 g/mol. The smallest absolute Gasteiger partial charge is 0.272 e. The van der Waals surface area contributed by atoms with Crippen LogP contribution in [0.4, 0.5) is 11.4 Å². The maximum absolute atomic E-state index is 13.5. The lowest BCUT2D eigenvalue weighted by atomic mass is 10.1. The van der Waals surface area contributed by atoms with Crippen LogP contribution in [-0.2, 0) is 9.59 Å². The average Bonchev–Trinajstić information content (AvgIpc) is 3.52. The van der Waals surface area contributed by atoms with Crippen molar-refractivity contribution in [3.8, 4) is 17.2 Å². The van der Waals surface area contributed by atoms with E-state index < -0.39 is 11.8 Å². The Morgan fingerprint density at radius 1 is 0.864 bits per heavy atom. The minimum atomic E-state index is -0.508. The van der Waals surface area contributed by atoms with Gasteiger partial charge < -0.3 is 30.2 Å². The molecule has 0 saturated carbocycles. The van der Waals surface area contributed by atoms with Crippen LogP contribution in [0.3, 0.4) is 0 Å². The molecule has 0 fully saturated rings. The highest BCUT2D eigenvalue weighted by Gasteiger charge is 2.21. The Morgan fingerprint density at radius 3 is 2.43 bits per heavy atom. The first-order valence-corrected chi connectivity index (χ1v) is 14.8. The van der Waals surface area contributed by atoms with Crippen molar-refractivity contribution < 1.29 is 28.6 Å². The molecule has 0 saturated heterocycles. The minimum absolute atomic E-state index is 0.0553. The molecule has 1 unspecified atom stereocenters. The summed E-state index contributed by atoms with van der Waals surface area (Å²) in [4.78, 5) is 40.4. The second-order valence-electron chi connectivity index (χ2n) is 9.71. The Balaban J connectivity index is 1.30. The summed E-state index contributed by atoms with van der Waals surface area (Å²) in [7, 11) is 1.56. The number of thioether (sulfide) groups is 1. The van der Waals surface area contributed by atoms with Crippen LogP contribution in [0.1, 0.15) is 29.3 Å². The van der Waals surface area contributed by atoms with Crippen molar-refractivity contribution in [3.63, 3.8) is 0 Å². The molecule has 4 aromatic rings. The summed E-state index contributed by atoms with van der Waals surface area (Å²) in [5, 5.41) is 8.18. The maximum atomic E-state index is 13.5. The van der Waals surface area contributed by atoms with Gasteiger partial charge in [0.2, 0.25) is 12.7 Å². The zero-order valence-electron chi connectivity index (χ0n) is 24.2. The van der Waals surface area contributed by atoms with Crippen molar-refractivity contribution in [3.05, 3.63) is 114 Å². The molecule has 44 heavy (non-hydrogen) atoms. The fourth-order valence-corrected chi connectivity index (χ4v) is 5.38. The third-order valence-electron chi connectivity index (χ3n) is 6.61. The number of fused-ring (bicyclic) bond motifs is 1. The maximum Gasteiger partial charge on any atom is 0.272 e. The van der Waals surface area contributed by atoms with Crippen molar-refractivity contribution in [2.45, 2.75) is 23.5 Å². The summed E-state index contributed by atoms with van der Waals surface area (Å²) in [5.41, 5.74) is 2.27. The van der Waals surface area contributed by atoms with E-state index in [1.165, 1.54) is 11.8 Å². The number of hydrogen-bond donors (Lipinski definition) is 3. The Kier molecular flexibility index (Phi) is 9.83. The number of carbonyl (C=O) groups is 3. The molecule has 3 N–H and O–H groups in total. The van der Waals surface area contributed by atoms with Crippen molar-refractivity contribution in [2.75, 3.05) is 24.5 Å². The highest BCUT2D eigenvalue weighted by atomic mass is 32.2. The Labute approximate surface area is 259 Å². The SMILES string of the molecule is CCC(Sc1cccc(NC(=O)/C(=C/c2cccc(OC)c2)NC(=O)c2ccccc2)c1)C(=O)Nc1ccc2c(c1)OCO2. The van der Waals surface area contributed by atoms with Gasteiger partial charge in [0.1, 0.15) is 11.4 Å². The number of methoxy groups -OCH3 is 1. The molecule has 1 atom stereocenters. The van der Waals surface area contributed by atoms with E-state index in [9.17, 15) is 14.4 Å². The highest BCUT2D eigenvalue weighted by Crippen LogP contribution is 2.35. The summed E-state index contributed by atoms with van der Waals surface area (Å²) < 4.78 is 16.1. The molecule has 10 heteroatoms. The number of anilines is 2. The normalized spacial score (nSPS) is 12.6. The quantitative estimate of drug-likeness (QED) is 0.134. The monoisotopic (exact) mass is 609 g/mol.